The minimum Gasteiger partial charge on any atom is -0.399 e. The lowest BCUT2D eigenvalue weighted by Crippen LogP contribution is -2.06. The second kappa shape index (κ2) is 5.83. The molecule has 0 saturated heterocycles. The molecule has 2 aromatic carbocycles. The van der Waals surface area contributed by atoms with Crippen LogP contribution in [0.5, 0.6) is 0 Å². The van der Waals surface area contributed by atoms with Gasteiger partial charge in [0.2, 0.25) is 0 Å². The van der Waals surface area contributed by atoms with Crippen LogP contribution in [0.2, 0.25) is 0 Å². The molecule has 94 valence electrons. The van der Waals surface area contributed by atoms with E-state index < -0.39 is 10.8 Å². The molecule has 2 atom stereocenters. The third kappa shape index (κ3) is 3.20. The monoisotopic (exact) mass is 259 g/mol. The Kier molecular flexibility index (Phi) is 4.15. The predicted octanol–water partition coefficient (Wildman–Crippen LogP) is 3.18. The highest BCUT2D eigenvalue weighted by Crippen LogP contribution is 2.19. The molecular weight excluding hydrogens is 242 g/mol. The van der Waals surface area contributed by atoms with Crippen molar-refractivity contribution >= 4 is 16.5 Å². The molecule has 2 rings (SSSR count). The van der Waals surface area contributed by atoms with Crippen molar-refractivity contribution in [2.75, 3.05) is 11.5 Å². The minimum atomic E-state index is -0.978. The van der Waals surface area contributed by atoms with Gasteiger partial charge >= 0.3 is 0 Å². The highest BCUT2D eigenvalue weighted by Gasteiger charge is 2.11. The Morgan fingerprint density at radius 3 is 2.28 bits per heavy atom. The maximum absolute atomic E-state index is 12.2. The van der Waals surface area contributed by atoms with E-state index in [0.717, 1.165) is 4.90 Å². The van der Waals surface area contributed by atoms with Gasteiger partial charge in [0.25, 0.3) is 0 Å². The summed E-state index contributed by atoms with van der Waals surface area (Å²) in [7, 11) is -0.978. The summed E-state index contributed by atoms with van der Waals surface area (Å²) in [4.78, 5) is 0.840. The van der Waals surface area contributed by atoms with Gasteiger partial charge in [0.1, 0.15) is 0 Å². The molecule has 0 radical (unpaired) electrons. The van der Waals surface area contributed by atoms with Crippen LogP contribution >= 0.6 is 0 Å². The van der Waals surface area contributed by atoms with E-state index in [1.54, 1.807) is 12.1 Å². The number of hydrogen-bond donors (Lipinski definition) is 1. The fraction of sp³-hybridized carbons (Fsp3) is 0.200. The molecule has 0 aromatic heterocycles. The Labute approximate surface area is 110 Å². The van der Waals surface area contributed by atoms with E-state index in [1.165, 1.54) is 5.56 Å². The highest BCUT2D eigenvalue weighted by atomic mass is 32.2. The first-order valence-corrected chi connectivity index (χ1v) is 7.27. The summed E-state index contributed by atoms with van der Waals surface area (Å²) in [6.07, 6.45) is 0. The van der Waals surface area contributed by atoms with E-state index in [9.17, 15) is 4.21 Å². The number of anilines is 1. The van der Waals surface area contributed by atoms with Crippen molar-refractivity contribution in [3.8, 4) is 0 Å². The number of hydrogen-bond acceptors (Lipinski definition) is 2. The summed E-state index contributed by atoms with van der Waals surface area (Å²) in [6, 6.07) is 17.4. The number of nitrogen functional groups attached to an aromatic ring is 1. The second-order valence-corrected chi connectivity index (χ2v) is 5.89. The molecular formula is C15H17NOS. The van der Waals surface area contributed by atoms with Crippen LogP contribution in [-0.4, -0.2) is 9.96 Å². The lowest BCUT2D eigenvalue weighted by atomic mass is 10.0. The maximum Gasteiger partial charge on any atom is 0.0535 e. The van der Waals surface area contributed by atoms with E-state index in [-0.39, 0.29) is 5.92 Å². The third-order valence-electron chi connectivity index (χ3n) is 2.91. The summed E-state index contributed by atoms with van der Waals surface area (Å²) in [6.45, 7) is 2.10. The quantitative estimate of drug-likeness (QED) is 0.857. The Hall–Kier alpha value is -1.61. The first-order valence-electron chi connectivity index (χ1n) is 5.95. The summed E-state index contributed by atoms with van der Waals surface area (Å²) in [5, 5.41) is 0. The van der Waals surface area contributed by atoms with Crippen LogP contribution in [-0.2, 0) is 10.8 Å². The van der Waals surface area contributed by atoms with Gasteiger partial charge in [0.05, 0.1) is 10.8 Å². The molecule has 0 bridgehead atoms. The predicted molar refractivity (Wildman–Crippen MR) is 77.0 cm³/mol. The van der Waals surface area contributed by atoms with E-state index >= 15 is 0 Å². The molecule has 2 unspecified atom stereocenters. The van der Waals surface area contributed by atoms with Crippen molar-refractivity contribution in [2.45, 2.75) is 17.7 Å². The molecule has 18 heavy (non-hydrogen) atoms. The Bertz CT molecular complexity index is 522. The molecule has 0 saturated carbocycles. The first-order chi connectivity index (χ1) is 8.66. The maximum atomic E-state index is 12.2. The van der Waals surface area contributed by atoms with E-state index in [4.69, 9.17) is 5.73 Å². The molecule has 3 heteroatoms. The fourth-order valence-electron chi connectivity index (χ4n) is 1.82. The summed E-state index contributed by atoms with van der Waals surface area (Å²) in [5.74, 6) is 0.915. The van der Waals surface area contributed by atoms with E-state index in [0.29, 0.717) is 11.4 Å². The van der Waals surface area contributed by atoms with Gasteiger partial charge in [-0.25, -0.2) is 0 Å². The topological polar surface area (TPSA) is 43.1 Å². The van der Waals surface area contributed by atoms with Crippen molar-refractivity contribution in [3.63, 3.8) is 0 Å². The minimum absolute atomic E-state index is 0.282. The number of benzene rings is 2. The van der Waals surface area contributed by atoms with Crippen molar-refractivity contribution in [2.24, 2.45) is 0 Å². The lowest BCUT2D eigenvalue weighted by molar-refractivity contribution is 0.677. The molecule has 2 N–H and O–H groups in total. The summed E-state index contributed by atoms with van der Waals surface area (Å²) >= 11 is 0. The molecule has 0 spiro atoms. The molecule has 0 amide bonds. The first kappa shape index (κ1) is 12.8. The van der Waals surface area contributed by atoms with Gasteiger partial charge < -0.3 is 5.73 Å². The van der Waals surface area contributed by atoms with E-state index in [1.807, 2.05) is 30.3 Å². The molecule has 2 nitrogen and oxygen atoms in total. The van der Waals surface area contributed by atoms with Crippen LogP contribution in [0.3, 0.4) is 0 Å². The van der Waals surface area contributed by atoms with Crippen molar-refractivity contribution in [3.05, 3.63) is 60.2 Å². The average Bonchev–Trinajstić information content (AvgIpc) is 2.40. The Balaban J connectivity index is 2.06. The number of nitrogens with two attached hydrogens (primary N) is 1. The largest absolute Gasteiger partial charge is 0.399 e. The second-order valence-electron chi connectivity index (χ2n) is 4.39. The van der Waals surface area contributed by atoms with Gasteiger partial charge in [-0.1, -0.05) is 37.3 Å². The van der Waals surface area contributed by atoms with Crippen LogP contribution in [0.1, 0.15) is 18.4 Å². The van der Waals surface area contributed by atoms with Gasteiger partial charge in [-0.05, 0) is 35.7 Å². The standard InChI is InChI=1S/C15H17NOS/c1-12(13-5-3-2-4-6-13)11-18(17)15-9-7-14(16)8-10-15/h2-10,12H,11,16H2,1H3. The lowest BCUT2D eigenvalue weighted by Gasteiger charge is -2.11. The zero-order valence-corrected chi connectivity index (χ0v) is 11.2. The molecule has 2 aromatic rings. The fourth-order valence-corrected chi connectivity index (χ4v) is 3.10. The zero-order chi connectivity index (χ0) is 13.0. The van der Waals surface area contributed by atoms with Gasteiger partial charge in [-0.15, -0.1) is 0 Å². The Morgan fingerprint density at radius 1 is 1.06 bits per heavy atom. The average molecular weight is 259 g/mol. The summed E-state index contributed by atoms with van der Waals surface area (Å²) < 4.78 is 12.2. The highest BCUT2D eigenvalue weighted by molar-refractivity contribution is 7.85. The normalized spacial score (nSPS) is 14.1. The van der Waals surface area contributed by atoms with Crippen molar-refractivity contribution < 1.29 is 4.21 Å². The SMILES string of the molecule is CC(CS(=O)c1ccc(N)cc1)c1ccccc1. The van der Waals surface area contributed by atoms with Gasteiger partial charge in [0, 0.05) is 16.3 Å². The van der Waals surface area contributed by atoms with Gasteiger partial charge in [-0.3, -0.25) is 4.21 Å². The summed E-state index contributed by atoms with van der Waals surface area (Å²) in [5.41, 5.74) is 7.54. The number of rotatable bonds is 4. The molecule has 0 aliphatic carbocycles. The smallest absolute Gasteiger partial charge is 0.0535 e. The van der Waals surface area contributed by atoms with Gasteiger partial charge in [-0.2, -0.15) is 0 Å². The molecule has 0 aliphatic rings. The van der Waals surface area contributed by atoms with Crippen LogP contribution in [0, 0.1) is 0 Å². The Morgan fingerprint density at radius 2 is 1.67 bits per heavy atom. The van der Waals surface area contributed by atoms with Crippen molar-refractivity contribution in [1.29, 1.82) is 0 Å². The van der Waals surface area contributed by atoms with Crippen LogP contribution in [0.15, 0.2) is 59.5 Å². The molecule has 0 heterocycles. The van der Waals surface area contributed by atoms with Crippen LogP contribution in [0.25, 0.3) is 0 Å². The van der Waals surface area contributed by atoms with Crippen LogP contribution in [0.4, 0.5) is 5.69 Å². The third-order valence-corrected chi connectivity index (χ3v) is 4.51. The van der Waals surface area contributed by atoms with Gasteiger partial charge in [0.15, 0.2) is 0 Å². The molecule has 0 aliphatic heterocycles. The van der Waals surface area contributed by atoms with Crippen molar-refractivity contribution in [1.82, 2.24) is 0 Å². The zero-order valence-electron chi connectivity index (χ0n) is 10.4. The van der Waals surface area contributed by atoms with E-state index in [2.05, 4.69) is 19.1 Å². The molecule has 0 fully saturated rings. The van der Waals surface area contributed by atoms with Crippen LogP contribution < -0.4 is 5.73 Å².